The molecular weight excluding hydrogens is 330 g/mol. The molecule has 0 amide bonds. The highest BCUT2D eigenvalue weighted by Crippen LogP contribution is 2.32. The van der Waals surface area contributed by atoms with Gasteiger partial charge in [-0.25, -0.2) is 4.79 Å². The van der Waals surface area contributed by atoms with E-state index in [0.717, 1.165) is 15.6 Å². The maximum absolute atomic E-state index is 11.6. The predicted molar refractivity (Wildman–Crippen MR) is 80.3 cm³/mol. The summed E-state index contributed by atoms with van der Waals surface area (Å²) in [6.45, 7) is 0. The Morgan fingerprint density at radius 2 is 1.89 bits per heavy atom. The Morgan fingerprint density at radius 1 is 1.26 bits per heavy atom. The monoisotopic (exact) mass is 339 g/mol. The molecule has 2 aromatic carbocycles. The molecule has 3 nitrogen and oxygen atoms in total. The second-order valence-electron chi connectivity index (χ2n) is 3.92. The van der Waals surface area contributed by atoms with Crippen molar-refractivity contribution in [2.75, 3.05) is 12.8 Å². The zero-order chi connectivity index (χ0) is 14.0. The second-order valence-corrected chi connectivity index (χ2v) is 5.24. The average Bonchev–Trinajstić information content (AvgIpc) is 2.39. The summed E-state index contributed by atoms with van der Waals surface area (Å²) < 4.78 is 5.67. The highest BCUT2D eigenvalue weighted by Gasteiger charge is 2.14. The molecule has 2 aromatic rings. The number of hydrogen-bond donors (Lipinski definition) is 1. The van der Waals surface area contributed by atoms with E-state index in [4.69, 9.17) is 22.1 Å². The van der Waals surface area contributed by atoms with Crippen molar-refractivity contribution in [3.63, 3.8) is 0 Å². The van der Waals surface area contributed by atoms with Gasteiger partial charge in [-0.2, -0.15) is 0 Å². The maximum atomic E-state index is 11.6. The topological polar surface area (TPSA) is 52.3 Å². The number of nitrogens with two attached hydrogens (primary N) is 1. The van der Waals surface area contributed by atoms with Gasteiger partial charge in [0.15, 0.2) is 0 Å². The number of anilines is 1. The molecule has 98 valence electrons. The first kappa shape index (κ1) is 13.9. The first-order valence-electron chi connectivity index (χ1n) is 5.46. The van der Waals surface area contributed by atoms with E-state index < -0.39 is 5.97 Å². The molecule has 2 N–H and O–H groups in total. The Hall–Kier alpha value is -1.52. The van der Waals surface area contributed by atoms with Gasteiger partial charge in [0.05, 0.1) is 17.7 Å². The third-order valence-corrected chi connectivity index (χ3v) is 3.54. The molecule has 0 atom stereocenters. The summed E-state index contributed by atoms with van der Waals surface area (Å²) >= 11 is 9.55. The number of halogens is 2. The molecule has 0 radical (unpaired) electrons. The Bertz CT molecular complexity index is 626. The van der Waals surface area contributed by atoms with Gasteiger partial charge in [-0.3, -0.25) is 0 Å². The van der Waals surface area contributed by atoms with E-state index in [9.17, 15) is 4.79 Å². The number of benzene rings is 2. The van der Waals surface area contributed by atoms with Gasteiger partial charge in [-0.1, -0.05) is 39.7 Å². The number of esters is 1. The fraction of sp³-hybridized carbons (Fsp3) is 0.0714. The van der Waals surface area contributed by atoms with E-state index in [1.807, 2.05) is 24.3 Å². The minimum atomic E-state index is -0.479. The zero-order valence-corrected chi connectivity index (χ0v) is 12.5. The maximum Gasteiger partial charge on any atom is 0.339 e. The molecule has 0 fully saturated rings. The molecule has 0 aliphatic carbocycles. The van der Waals surface area contributed by atoms with Crippen molar-refractivity contribution in [1.82, 2.24) is 0 Å². The first-order valence-corrected chi connectivity index (χ1v) is 6.63. The van der Waals surface area contributed by atoms with Crippen LogP contribution in [0.2, 0.25) is 5.02 Å². The van der Waals surface area contributed by atoms with E-state index in [0.29, 0.717) is 16.3 Å². The van der Waals surface area contributed by atoms with E-state index in [2.05, 4.69) is 15.9 Å². The Balaban J connectivity index is 2.57. The molecule has 19 heavy (non-hydrogen) atoms. The standard InChI is InChI=1S/C14H11BrClNO2/c1-19-14(18)11-6-10(12(16)7-13(11)17)8-2-4-9(15)5-3-8/h2-7H,17H2,1H3. The van der Waals surface area contributed by atoms with Gasteiger partial charge < -0.3 is 10.5 Å². The van der Waals surface area contributed by atoms with Crippen LogP contribution in [0.1, 0.15) is 10.4 Å². The summed E-state index contributed by atoms with van der Waals surface area (Å²) in [6, 6.07) is 10.8. The van der Waals surface area contributed by atoms with Crippen LogP contribution in [0.3, 0.4) is 0 Å². The summed E-state index contributed by atoms with van der Waals surface area (Å²) in [6.07, 6.45) is 0. The highest BCUT2D eigenvalue weighted by atomic mass is 79.9. The second kappa shape index (κ2) is 5.63. The van der Waals surface area contributed by atoms with Gasteiger partial charge in [0, 0.05) is 15.7 Å². The summed E-state index contributed by atoms with van der Waals surface area (Å²) in [7, 11) is 1.32. The van der Waals surface area contributed by atoms with Crippen molar-refractivity contribution in [1.29, 1.82) is 0 Å². The SMILES string of the molecule is COC(=O)c1cc(-c2ccc(Br)cc2)c(Cl)cc1N. The quantitative estimate of drug-likeness (QED) is 0.660. The number of carbonyl (C=O) groups is 1. The molecule has 0 bridgehead atoms. The Kier molecular flexibility index (Phi) is 4.12. The lowest BCUT2D eigenvalue weighted by atomic mass is 10.0. The van der Waals surface area contributed by atoms with Crippen molar-refractivity contribution in [2.24, 2.45) is 0 Å². The number of nitrogen functional groups attached to an aromatic ring is 1. The van der Waals surface area contributed by atoms with Crippen molar-refractivity contribution < 1.29 is 9.53 Å². The van der Waals surface area contributed by atoms with E-state index in [-0.39, 0.29) is 0 Å². The van der Waals surface area contributed by atoms with Gasteiger partial charge in [-0.15, -0.1) is 0 Å². The summed E-state index contributed by atoms with van der Waals surface area (Å²) in [5, 5.41) is 0.493. The lowest BCUT2D eigenvalue weighted by Gasteiger charge is -2.10. The van der Waals surface area contributed by atoms with Crippen LogP contribution in [-0.4, -0.2) is 13.1 Å². The predicted octanol–water partition coefficient (Wildman–Crippen LogP) is 4.14. The van der Waals surface area contributed by atoms with Crippen molar-refractivity contribution in [3.05, 3.63) is 51.5 Å². The zero-order valence-electron chi connectivity index (χ0n) is 10.1. The van der Waals surface area contributed by atoms with Crippen LogP contribution in [0.15, 0.2) is 40.9 Å². The van der Waals surface area contributed by atoms with Crippen LogP contribution in [0.4, 0.5) is 5.69 Å². The lowest BCUT2D eigenvalue weighted by molar-refractivity contribution is 0.0602. The van der Waals surface area contributed by atoms with E-state index >= 15 is 0 Å². The number of carbonyl (C=O) groups excluding carboxylic acids is 1. The molecule has 0 aliphatic heterocycles. The van der Waals surface area contributed by atoms with Gasteiger partial charge in [0.1, 0.15) is 0 Å². The van der Waals surface area contributed by atoms with Crippen LogP contribution in [0, 0.1) is 0 Å². The summed E-state index contributed by atoms with van der Waals surface area (Å²) in [5.41, 5.74) is 8.03. The molecule has 5 heteroatoms. The largest absolute Gasteiger partial charge is 0.465 e. The minimum absolute atomic E-state index is 0.303. The van der Waals surface area contributed by atoms with Gasteiger partial charge >= 0.3 is 5.97 Å². The molecule has 0 aromatic heterocycles. The molecule has 0 spiro atoms. The van der Waals surface area contributed by atoms with Gasteiger partial charge in [0.2, 0.25) is 0 Å². The minimum Gasteiger partial charge on any atom is -0.465 e. The average molecular weight is 341 g/mol. The number of ether oxygens (including phenoxy) is 1. The van der Waals surface area contributed by atoms with Gasteiger partial charge in [0.25, 0.3) is 0 Å². The number of hydrogen-bond acceptors (Lipinski definition) is 3. The normalized spacial score (nSPS) is 10.3. The third-order valence-electron chi connectivity index (χ3n) is 2.70. The fourth-order valence-electron chi connectivity index (χ4n) is 1.73. The van der Waals surface area contributed by atoms with E-state index in [1.54, 1.807) is 12.1 Å². The summed E-state index contributed by atoms with van der Waals surface area (Å²) in [4.78, 5) is 11.6. The van der Waals surface area contributed by atoms with Crippen molar-refractivity contribution in [3.8, 4) is 11.1 Å². The molecule has 2 rings (SSSR count). The van der Waals surface area contributed by atoms with Crippen LogP contribution in [0.5, 0.6) is 0 Å². The molecule has 0 saturated carbocycles. The molecule has 0 saturated heterocycles. The van der Waals surface area contributed by atoms with Crippen molar-refractivity contribution >= 4 is 39.2 Å². The lowest BCUT2D eigenvalue weighted by Crippen LogP contribution is -2.06. The Labute approximate surface area is 124 Å². The van der Waals surface area contributed by atoms with E-state index in [1.165, 1.54) is 7.11 Å². The van der Waals surface area contributed by atoms with Crippen molar-refractivity contribution in [2.45, 2.75) is 0 Å². The smallest absolute Gasteiger partial charge is 0.339 e. The van der Waals surface area contributed by atoms with Crippen LogP contribution < -0.4 is 5.73 Å². The van der Waals surface area contributed by atoms with Crippen LogP contribution in [-0.2, 0) is 4.74 Å². The number of rotatable bonds is 2. The first-order chi connectivity index (χ1) is 9.02. The Morgan fingerprint density at radius 3 is 2.47 bits per heavy atom. The molecule has 0 heterocycles. The molecular formula is C14H11BrClNO2. The third kappa shape index (κ3) is 2.91. The number of methoxy groups -OCH3 is 1. The fourth-order valence-corrected chi connectivity index (χ4v) is 2.27. The molecule has 0 unspecified atom stereocenters. The highest BCUT2D eigenvalue weighted by molar-refractivity contribution is 9.10. The summed E-state index contributed by atoms with van der Waals surface area (Å²) in [5.74, 6) is -0.479. The van der Waals surface area contributed by atoms with Gasteiger partial charge in [-0.05, 0) is 29.8 Å². The molecule has 0 aliphatic rings. The van der Waals surface area contributed by atoms with Crippen LogP contribution in [0.25, 0.3) is 11.1 Å². The van der Waals surface area contributed by atoms with Crippen LogP contribution >= 0.6 is 27.5 Å².